The number of amidine groups is 1. The molecule has 0 bridgehead atoms. The molecule has 8 nitrogen and oxygen atoms in total. The van der Waals surface area contributed by atoms with Crippen molar-refractivity contribution in [2.45, 2.75) is 12.7 Å². The van der Waals surface area contributed by atoms with Crippen LogP contribution >= 0.6 is 0 Å². The first-order chi connectivity index (χ1) is 13.9. The van der Waals surface area contributed by atoms with Crippen molar-refractivity contribution in [2.24, 2.45) is 10.7 Å². The molecule has 0 saturated carbocycles. The van der Waals surface area contributed by atoms with Crippen LogP contribution in [0, 0.1) is 17.7 Å². The van der Waals surface area contributed by atoms with Gasteiger partial charge in [0.05, 0.1) is 18.0 Å². The zero-order chi connectivity index (χ0) is 20.9. The van der Waals surface area contributed by atoms with E-state index in [0.29, 0.717) is 0 Å². The van der Waals surface area contributed by atoms with E-state index in [1.54, 1.807) is 6.92 Å². The lowest BCUT2D eigenvalue weighted by molar-refractivity contribution is 0.0170. The average molecular weight is 401 g/mol. The van der Waals surface area contributed by atoms with Crippen molar-refractivity contribution in [3.8, 4) is 17.7 Å². The number of nitrogens with one attached hydrogen (secondary N) is 1. The molecule has 0 spiro atoms. The van der Waals surface area contributed by atoms with Crippen molar-refractivity contribution < 1.29 is 23.0 Å². The number of carbonyl (C=O) groups excluding carboxylic acids is 1. The number of hydrogen-bond acceptors (Lipinski definition) is 7. The maximum Gasteiger partial charge on any atom is 0.275 e. The van der Waals surface area contributed by atoms with Gasteiger partial charge >= 0.3 is 0 Å². The molecular formula is C19H17F2N5O3. The van der Waals surface area contributed by atoms with E-state index in [2.05, 4.69) is 32.1 Å². The number of anilines is 1. The number of ether oxygens (including phenoxy) is 2. The van der Waals surface area contributed by atoms with Crippen LogP contribution in [0.1, 0.15) is 23.0 Å². The Morgan fingerprint density at radius 2 is 2.24 bits per heavy atom. The Bertz CT molecular complexity index is 1000. The Balaban J connectivity index is 1.75. The molecule has 0 saturated heterocycles. The molecule has 150 valence electrons. The quantitative estimate of drug-likeness (QED) is 0.584. The van der Waals surface area contributed by atoms with Crippen LogP contribution in [-0.2, 0) is 10.5 Å². The van der Waals surface area contributed by atoms with Crippen LogP contribution in [0.5, 0.6) is 5.88 Å². The Kier molecular flexibility index (Phi) is 5.99. The number of aliphatic imine (C=N–C) groups is 1. The van der Waals surface area contributed by atoms with Crippen LogP contribution in [0.4, 0.5) is 14.5 Å². The van der Waals surface area contributed by atoms with Gasteiger partial charge in [-0.05, 0) is 25.1 Å². The first-order valence-electron chi connectivity index (χ1n) is 8.48. The van der Waals surface area contributed by atoms with Gasteiger partial charge in [-0.25, -0.2) is 23.7 Å². The molecule has 1 aromatic carbocycles. The van der Waals surface area contributed by atoms with Gasteiger partial charge in [0, 0.05) is 5.69 Å². The molecule has 1 aromatic heterocycles. The molecule has 1 amide bonds. The number of amides is 1. The zero-order valence-electron chi connectivity index (χ0n) is 15.4. The standard InChI is InChI=1S/C19H17F2N5O3/c1-2-3-6-29-17-9-23-15(8-24-17)18(27)25-12-4-5-14(20)13(7-12)19(21)11-28-10-16(22)26-19/h4-5,7-9H,6,10-11H2,1H3,(H2,22,26)(H,25,27)/t19-/m0/s1. The fourth-order valence-electron chi connectivity index (χ4n) is 2.50. The molecule has 29 heavy (non-hydrogen) atoms. The second-order valence-electron chi connectivity index (χ2n) is 5.96. The van der Waals surface area contributed by atoms with Gasteiger partial charge in [-0.1, -0.05) is 5.92 Å². The molecule has 2 aromatic rings. The number of nitrogens with zero attached hydrogens (tertiary/aromatic N) is 3. The Hall–Kier alpha value is -3.58. The number of nitrogens with two attached hydrogens (primary N) is 1. The van der Waals surface area contributed by atoms with E-state index >= 15 is 4.39 Å². The van der Waals surface area contributed by atoms with Gasteiger partial charge in [0.1, 0.15) is 30.6 Å². The van der Waals surface area contributed by atoms with Crippen molar-refractivity contribution >= 4 is 17.4 Å². The number of rotatable bonds is 5. The summed E-state index contributed by atoms with van der Waals surface area (Å²) in [5.41, 5.74) is 5.24. The summed E-state index contributed by atoms with van der Waals surface area (Å²) < 4.78 is 39.5. The number of hydrogen-bond donors (Lipinski definition) is 2. The third-order valence-electron chi connectivity index (χ3n) is 3.83. The molecule has 1 atom stereocenters. The lowest BCUT2D eigenvalue weighted by Gasteiger charge is -2.26. The molecule has 2 heterocycles. The SMILES string of the molecule is CC#CCOc1cnc(C(=O)Nc2ccc(F)c([C@]3(F)COCC(N)=N3)c2)cn1. The molecule has 0 unspecified atom stereocenters. The van der Waals surface area contributed by atoms with Gasteiger partial charge in [-0.15, -0.1) is 5.92 Å². The number of benzene rings is 1. The summed E-state index contributed by atoms with van der Waals surface area (Å²) in [5, 5.41) is 2.51. The molecular weight excluding hydrogens is 384 g/mol. The van der Waals surface area contributed by atoms with Gasteiger partial charge in [0.2, 0.25) is 5.88 Å². The summed E-state index contributed by atoms with van der Waals surface area (Å²) >= 11 is 0. The minimum atomic E-state index is -2.48. The molecule has 1 aliphatic rings. The van der Waals surface area contributed by atoms with Gasteiger partial charge < -0.3 is 20.5 Å². The fraction of sp³-hybridized carbons (Fsp3) is 0.263. The maximum absolute atomic E-state index is 15.0. The smallest absolute Gasteiger partial charge is 0.275 e. The van der Waals surface area contributed by atoms with E-state index in [4.69, 9.17) is 15.2 Å². The molecule has 0 aliphatic carbocycles. The Morgan fingerprint density at radius 3 is 2.93 bits per heavy atom. The first-order valence-corrected chi connectivity index (χ1v) is 8.48. The number of aromatic nitrogens is 2. The molecule has 3 N–H and O–H groups in total. The molecule has 10 heteroatoms. The van der Waals surface area contributed by atoms with E-state index < -0.39 is 29.7 Å². The maximum atomic E-state index is 15.0. The highest BCUT2D eigenvalue weighted by Crippen LogP contribution is 2.34. The molecule has 0 fully saturated rings. The molecule has 0 radical (unpaired) electrons. The second-order valence-corrected chi connectivity index (χ2v) is 5.96. The van der Waals surface area contributed by atoms with Crippen LogP contribution in [0.3, 0.4) is 0 Å². The van der Waals surface area contributed by atoms with Crippen LogP contribution in [0.2, 0.25) is 0 Å². The second kappa shape index (κ2) is 8.62. The Labute approximate surface area is 165 Å². The monoisotopic (exact) mass is 401 g/mol. The minimum Gasteiger partial charge on any atom is -0.463 e. The highest BCUT2D eigenvalue weighted by atomic mass is 19.2. The number of halogens is 2. The Morgan fingerprint density at radius 1 is 1.41 bits per heavy atom. The lowest BCUT2D eigenvalue weighted by Crippen LogP contribution is -2.37. The predicted octanol–water partition coefficient (Wildman–Crippen LogP) is 1.78. The summed E-state index contributed by atoms with van der Waals surface area (Å²) in [5.74, 6) is 1.55. The lowest BCUT2D eigenvalue weighted by atomic mass is 10.0. The van der Waals surface area contributed by atoms with E-state index in [1.807, 2.05) is 0 Å². The van der Waals surface area contributed by atoms with Crippen molar-refractivity contribution in [1.82, 2.24) is 9.97 Å². The van der Waals surface area contributed by atoms with E-state index in [9.17, 15) is 9.18 Å². The van der Waals surface area contributed by atoms with Gasteiger partial charge in [0.25, 0.3) is 11.7 Å². The summed E-state index contributed by atoms with van der Waals surface area (Å²) in [7, 11) is 0. The first kappa shape index (κ1) is 20.2. The average Bonchev–Trinajstić information content (AvgIpc) is 2.70. The topological polar surface area (TPSA) is 112 Å². The van der Waals surface area contributed by atoms with E-state index in [0.717, 1.165) is 12.1 Å². The minimum absolute atomic E-state index is 0.0111. The van der Waals surface area contributed by atoms with Gasteiger partial charge in [-0.3, -0.25) is 4.79 Å². The highest BCUT2D eigenvalue weighted by molar-refractivity contribution is 6.02. The third kappa shape index (κ3) is 4.83. The van der Waals surface area contributed by atoms with Crippen LogP contribution in [0.25, 0.3) is 0 Å². The van der Waals surface area contributed by atoms with Gasteiger partial charge in [0.15, 0.2) is 6.61 Å². The summed E-state index contributed by atoms with van der Waals surface area (Å²) in [6, 6.07) is 3.43. The third-order valence-corrected chi connectivity index (χ3v) is 3.83. The van der Waals surface area contributed by atoms with Crippen molar-refractivity contribution in [2.75, 3.05) is 25.1 Å². The number of carbonyl (C=O) groups is 1. The van der Waals surface area contributed by atoms with Crippen molar-refractivity contribution in [3.05, 3.63) is 47.7 Å². The van der Waals surface area contributed by atoms with E-state index in [-0.39, 0.29) is 36.3 Å². The zero-order valence-corrected chi connectivity index (χ0v) is 15.4. The number of alkyl halides is 1. The fourth-order valence-corrected chi connectivity index (χ4v) is 2.50. The van der Waals surface area contributed by atoms with Crippen LogP contribution < -0.4 is 15.8 Å². The van der Waals surface area contributed by atoms with Crippen LogP contribution in [-0.4, -0.2) is 41.5 Å². The summed E-state index contributed by atoms with van der Waals surface area (Å²) in [6.07, 6.45) is 2.49. The summed E-state index contributed by atoms with van der Waals surface area (Å²) in [4.78, 5) is 23.9. The predicted molar refractivity (Wildman–Crippen MR) is 101 cm³/mol. The van der Waals surface area contributed by atoms with E-state index in [1.165, 1.54) is 18.5 Å². The van der Waals surface area contributed by atoms with Crippen molar-refractivity contribution in [3.63, 3.8) is 0 Å². The normalized spacial score (nSPS) is 18.2. The van der Waals surface area contributed by atoms with Crippen molar-refractivity contribution in [1.29, 1.82) is 0 Å². The van der Waals surface area contributed by atoms with Gasteiger partial charge in [-0.2, -0.15) is 0 Å². The summed E-state index contributed by atoms with van der Waals surface area (Å²) in [6.45, 7) is 1.30. The highest BCUT2D eigenvalue weighted by Gasteiger charge is 2.37. The molecule has 1 aliphatic heterocycles. The van der Waals surface area contributed by atoms with Crippen LogP contribution in [0.15, 0.2) is 35.6 Å². The molecule has 3 rings (SSSR count). The largest absolute Gasteiger partial charge is 0.463 e.